The van der Waals surface area contributed by atoms with Crippen LogP contribution in [-0.2, 0) is 9.59 Å². The Morgan fingerprint density at radius 2 is 2.00 bits per heavy atom. The van der Waals surface area contributed by atoms with Gasteiger partial charge in [-0.1, -0.05) is 38.5 Å². The summed E-state index contributed by atoms with van der Waals surface area (Å²) in [6, 6.07) is 7.28. The van der Waals surface area contributed by atoms with Gasteiger partial charge in [-0.25, -0.2) is 0 Å². The number of hydrogen-bond acceptors (Lipinski definition) is 3. The van der Waals surface area contributed by atoms with Crippen molar-refractivity contribution in [2.24, 2.45) is 11.7 Å². The fourth-order valence-electron chi connectivity index (χ4n) is 2.69. The first-order valence-electron chi connectivity index (χ1n) is 7.86. The van der Waals surface area contributed by atoms with Crippen LogP contribution >= 0.6 is 0 Å². The number of nitrogens with two attached hydrogens (primary N) is 1. The Morgan fingerprint density at radius 3 is 2.59 bits per heavy atom. The second-order valence-electron chi connectivity index (χ2n) is 6.00. The number of carbonyl (C=O) groups excluding carboxylic acids is 2. The van der Waals surface area contributed by atoms with Crippen molar-refractivity contribution in [1.82, 2.24) is 4.90 Å². The van der Waals surface area contributed by atoms with Gasteiger partial charge in [0.15, 0.2) is 0 Å². The first-order valence-corrected chi connectivity index (χ1v) is 7.86. The van der Waals surface area contributed by atoms with Crippen molar-refractivity contribution >= 4 is 17.5 Å². The molecule has 0 saturated carbocycles. The van der Waals surface area contributed by atoms with Crippen LogP contribution in [0.3, 0.4) is 0 Å². The van der Waals surface area contributed by atoms with Gasteiger partial charge < -0.3 is 15.5 Å². The van der Waals surface area contributed by atoms with E-state index >= 15 is 0 Å². The van der Waals surface area contributed by atoms with Crippen molar-refractivity contribution in [2.45, 2.75) is 33.2 Å². The average Bonchev–Trinajstić information content (AvgIpc) is 2.53. The summed E-state index contributed by atoms with van der Waals surface area (Å²) in [5, 5.41) is 0. The minimum absolute atomic E-state index is 0.0507. The minimum Gasteiger partial charge on any atom is -0.330 e. The van der Waals surface area contributed by atoms with Gasteiger partial charge in [-0.3, -0.25) is 9.59 Å². The summed E-state index contributed by atoms with van der Waals surface area (Å²) in [5.74, 6) is -0.0469. The van der Waals surface area contributed by atoms with Crippen molar-refractivity contribution in [2.75, 3.05) is 24.5 Å². The molecule has 0 unspecified atom stereocenters. The second-order valence-corrected chi connectivity index (χ2v) is 6.00. The zero-order valence-corrected chi connectivity index (χ0v) is 13.6. The molecule has 2 atom stereocenters. The van der Waals surface area contributed by atoms with E-state index in [1.807, 2.05) is 45.0 Å². The zero-order chi connectivity index (χ0) is 16.3. The topological polar surface area (TPSA) is 66.6 Å². The highest BCUT2D eigenvalue weighted by molar-refractivity contribution is 5.99. The summed E-state index contributed by atoms with van der Waals surface area (Å²) in [6.45, 7) is 7.12. The lowest BCUT2D eigenvalue weighted by Gasteiger charge is -2.36. The average molecular weight is 303 g/mol. The first-order chi connectivity index (χ1) is 10.5. The van der Waals surface area contributed by atoms with Gasteiger partial charge >= 0.3 is 0 Å². The van der Waals surface area contributed by atoms with E-state index in [9.17, 15) is 9.59 Å². The van der Waals surface area contributed by atoms with E-state index in [0.717, 1.165) is 17.7 Å². The van der Waals surface area contributed by atoms with E-state index in [0.29, 0.717) is 13.1 Å². The molecule has 0 aliphatic carbocycles. The van der Waals surface area contributed by atoms with Crippen molar-refractivity contribution in [3.63, 3.8) is 0 Å². The Balaban J connectivity index is 2.06. The summed E-state index contributed by atoms with van der Waals surface area (Å²) in [5.41, 5.74) is 7.99. The number of rotatable bonds is 4. The molecule has 1 fully saturated rings. The predicted octanol–water partition coefficient (Wildman–Crippen LogP) is 1.54. The van der Waals surface area contributed by atoms with Gasteiger partial charge in [-0.05, 0) is 24.5 Å². The van der Waals surface area contributed by atoms with Gasteiger partial charge in [0.25, 0.3) is 0 Å². The van der Waals surface area contributed by atoms with Crippen LogP contribution in [0.15, 0.2) is 24.3 Å². The molecule has 1 saturated heterocycles. The molecule has 5 heteroatoms. The van der Waals surface area contributed by atoms with Gasteiger partial charge in [0.1, 0.15) is 6.54 Å². The maximum Gasteiger partial charge on any atom is 0.246 e. The van der Waals surface area contributed by atoms with Gasteiger partial charge in [0.05, 0.1) is 6.04 Å². The monoisotopic (exact) mass is 303 g/mol. The lowest BCUT2D eigenvalue weighted by Crippen LogP contribution is -2.57. The standard InChI is InChI=1S/C17H25N3O2/c1-4-12(2)16(18)17(22)19-9-10-20(15(21)11-19)14-8-6-5-7-13(14)3/h5-8,12,16H,4,9-11,18H2,1-3H3/t12-,16-/m0/s1. The summed E-state index contributed by atoms with van der Waals surface area (Å²) < 4.78 is 0. The highest BCUT2D eigenvalue weighted by atomic mass is 16.2. The van der Waals surface area contributed by atoms with Crippen LogP contribution in [-0.4, -0.2) is 42.4 Å². The molecule has 5 nitrogen and oxygen atoms in total. The summed E-state index contributed by atoms with van der Waals surface area (Å²) >= 11 is 0. The Morgan fingerprint density at radius 1 is 1.32 bits per heavy atom. The summed E-state index contributed by atoms with van der Waals surface area (Å²) in [6.07, 6.45) is 0.851. The fourth-order valence-corrected chi connectivity index (χ4v) is 2.69. The zero-order valence-electron chi connectivity index (χ0n) is 13.6. The third-order valence-corrected chi connectivity index (χ3v) is 4.48. The summed E-state index contributed by atoms with van der Waals surface area (Å²) in [4.78, 5) is 28.1. The van der Waals surface area contributed by atoms with E-state index in [4.69, 9.17) is 5.73 Å². The van der Waals surface area contributed by atoms with E-state index < -0.39 is 6.04 Å². The number of benzene rings is 1. The molecule has 1 aliphatic heterocycles. The molecule has 1 aromatic rings. The number of nitrogens with zero attached hydrogens (tertiary/aromatic N) is 2. The third-order valence-electron chi connectivity index (χ3n) is 4.48. The van der Waals surface area contributed by atoms with Gasteiger partial charge in [0, 0.05) is 18.8 Å². The largest absolute Gasteiger partial charge is 0.330 e. The molecule has 22 heavy (non-hydrogen) atoms. The third kappa shape index (κ3) is 3.30. The van der Waals surface area contributed by atoms with Crippen LogP contribution < -0.4 is 10.6 Å². The van der Waals surface area contributed by atoms with Crippen LogP contribution in [0.2, 0.25) is 0 Å². The number of carbonyl (C=O) groups is 2. The van der Waals surface area contributed by atoms with E-state index in [1.165, 1.54) is 0 Å². The number of hydrogen-bond donors (Lipinski definition) is 1. The summed E-state index contributed by atoms with van der Waals surface area (Å²) in [7, 11) is 0. The van der Waals surface area contributed by atoms with Crippen LogP contribution in [0.1, 0.15) is 25.8 Å². The molecule has 2 rings (SSSR count). The molecule has 1 heterocycles. The minimum atomic E-state index is -0.525. The van der Waals surface area contributed by atoms with Gasteiger partial charge in [0.2, 0.25) is 11.8 Å². The lowest BCUT2D eigenvalue weighted by atomic mass is 9.98. The second kappa shape index (κ2) is 6.92. The molecule has 2 amide bonds. The number of anilines is 1. The Labute approximate surface area is 132 Å². The smallest absolute Gasteiger partial charge is 0.246 e. The normalized spacial score (nSPS) is 18.3. The van der Waals surface area contributed by atoms with E-state index in [2.05, 4.69) is 0 Å². The molecule has 0 aromatic heterocycles. The van der Waals surface area contributed by atoms with Crippen molar-refractivity contribution in [1.29, 1.82) is 0 Å². The van der Waals surface area contributed by atoms with Crippen molar-refractivity contribution < 1.29 is 9.59 Å². The van der Waals surface area contributed by atoms with Crippen molar-refractivity contribution in [3.05, 3.63) is 29.8 Å². The number of amides is 2. The molecule has 2 N–H and O–H groups in total. The van der Waals surface area contributed by atoms with E-state index in [1.54, 1.807) is 9.80 Å². The fraction of sp³-hybridized carbons (Fsp3) is 0.529. The van der Waals surface area contributed by atoms with Gasteiger partial charge in [-0.15, -0.1) is 0 Å². The Bertz CT molecular complexity index is 559. The molecule has 0 bridgehead atoms. The molecule has 1 aromatic carbocycles. The highest BCUT2D eigenvalue weighted by Crippen LogP contribution is 2.22. The Hall–Kier alpha value is -1.88. The maximum atomic E-state index is 12.4. The number of aryl methyl sites for hydroxylation is 1. The van der Waals surface area contributed by atoms with E-state index in [-0.39, 0.29) is 24.3 Å². The first kappa shape index (κ1) is 16.5. The SMILES string of the molecule is CC[C@H](C)[C@H](N)C(=O)N1CCN(c2ccccc2C)C(=O)C1. The molecular weight excluding hydrogens is 278 g/mol. The van der Waals surface area contributed by atoms with Gasteiger partial charge in [-0.2, -0.15) is 0 Å². The molecule has 1 aliphatic rings. The molecule has 120 valence electrons. The number of piperazine rings is 1. The maximum absolute atomic E-state index is 12.4. The van der Waals surface area contributed by atoms with Crippen molar-refractivity contribution in [3.8, 4) is 0 Å². The lowest BCUT2D eigenvalue weighted by molar-refractivity contribution is -0.138. The highest BCUT2D eigenvalue weighted by Gasteiger charge is 2.32. The molecule has 0 radical (unpaired) electrons. The van der Waals surface area contributed by atoms with Crippen LogP contribution in [0, 0.1) is 12.8 Å². The quantitative estimate of drug-likeness (QED) is 0.917. The van der Waals surface area contributed by atoms with Crippen LogP contribution in [0.5, 0.6) is 0 Å². The Kier molecular flexibility index (Phi) is 5.19. The van der Waals surface area contributed by atoms with Crippen LogP contribution in [0.25, 0.3) is 0 Å². The molecule has 0 spiro atoms. The predicted molar refractivity (Wildman–Crippen MR) is 87.5 cm³/mol. The number of para-hydroxylation sites is 1. The van der Waals surface area contributed by atoms with Crippen LogP contribution in [0.4, 0.5) is 5.69 Å². The molecular formula is C17H25N3O2.